The smallest absolute Gasteiger partial charge is 0.313 e. The second kappa shape index (κ2) is 7.50. The predicted octanol–water partition coefficient (Wildman–Crippen LogP) is 2.90. The van der Waals surface area contributed by atoms with Crippen molar-refractivity contribution in [2.45, 2.75) is 36.3 Å². The van der Waals surface area contributed by atoms with Gasteiger partial charge in [0.1, 0.15) is 6.42 Å². The van der Waals surface area contributed by atoms with Crippen LogP contribution in [-0.2, 0) is 14.3 Å². The molecule has 1 atom stereocenters. The van der Waals surface area contributed by atoms with E-state index < -0.39 is 5.97 Å². The molecule has 4 nitrogen and oxygen atoms in total. The number of unbranched alkanes of at least 4 members (excludes halogenated alkanes) is 1. The zero-order chi connectivity index (χ0) is 15.2. The van der Waals surface area contributed by atoms with Gasteiger partial charge in [-0.05, 0) is 18.6 Å². The highest BCUT2D eigenvalue weighted by atomic mass is 32.2. The number of anilines is 1. The zero-order valence-electron chi connectivity index (χ0n) is 12.5. The third kappa shape index (κ3) is 4.00. The van der Waals surface area contributed by atoms with Crippen molar-refractivity contribution in [1.29, 1.82) is 0 Å². The molecule has 0 bridgehead atoms. The standard InChI is InChI=1S/C16H21NO3S/c1-3-4-9-17-11-15(13(18)10-16(19)20-2)21-14-8-6-5-7-12(14)17/h5-8,15H,3-4,9-11H2,1-2H3. The van der Waals surface area contributed by atoms with Gasteiger partial charge in [0.2, 0.25) is 0 Å². The summed E-state index contributed by atoms with van der Waals surface area (Å²) in [6.07, 6.45) is 2.07. The molecule has 0 saturated carbocycles. The average Bonchev–Trinajstić information content (AvgIpc) is 2.52. The van der Waals surface area contributed by atoms with Crippen LogP contribution in [0.5, 0.6) is 0 Å². The summed E-state index contributed by atoms with van der Waals surface area (Å²) >= 11 is 1.56. The molecule has 0 amide bonds. The number of nitrogens with zero attached hydrogens (tertiary/aromatic N) is 1. The molecular formula is C16H21NO3S. The Balaban J connectivity index is 2.13. The Morgan fingerprint density at radius 3 is 2.86 bits per heavy atom. The maximum atomic E-state index is 12.2. The molecule has 2 rings (SSSR count). The summed E-state index contributed by atoms with van der Waals surface area (Å²) in [4.78, 5) is 26.9. The Hall–Kier alpha value is -1.49. The van der Waals surface area contributed by atoms with Crippen molar-refractivity contribution in [1.82, 2.24) is 0 Å². The number of hydrogen-bond donors (Lipinski definition) is 0. The molecule has 0 aliphatic carbocycles. The van der Waals surface area contributed by atoms with Crippen LogP contribution in [0.3, 0.4) is 0 Å². The Labute approximate surface area is 129 Å². The lowest BCUT2D eigenvalue weighted by Gasteiger charge is -2.35. The van der Waals surface area contributed by atoms with Crippen LogP contribution in [0.25, 0.3) is 0 Å². The second-order valence-corrected chi connectivity index (χ2v) is 6.34. The molecular weight excluding hydrogens is 286 g/mol. The molecule has 0 spiro atoms. The number of para-hydroxylation sites is 1. The van der Waals surface area contributed by atoms with Gasteiger partial charge in [-0.15, -0.1) is 11.8 Å². The largest absolute Gasteiger partial charge is 0.469 e. The normalized spacial score (nSPS) is 17.2. The van der Waals surface area contributed by atoms with E-state index in [-0.39, 0.29) is 17.5 Å². The van der Waals surface area contributed by atoms with E-state index in [1.165, 1.54) is 12.8 Å². The van der Waals surface area contributed by atoms with Gasteiger partial charge in [-0.1, -0.05) is 25.5 Å². The van der Waals surface area contributed by atoms with E-state index in [2.05, 4.69) is 22.6 Å². The van der Waals surface area contributed by atoms with Gasteiger partial charge >= 0.3 is 5.97 Å². The lowest BCUT2D eigenvalue weighted by Crippen LogP contribution is -2.39. The van der Waals surface area contributed by atoms with Gasteiger partial charge < -0.3 is 9.64 Å². The van der Waals surface area contributed by atoms with E-state index in [0.29, 0.717) is 6.54 Å². The van der Waals surface area contributed by atoms with E-state index in [4.69, 9.17) is 0 Å². The summed E-state index contributed by atoms with van der Waals surface area (Å²) in [6.45, 7) is 3.76. The van der Waals surface area contributed by atoms with Crippen molar-refractivity contribution in [3.05, 3.63) is 24.3 Å². The van der Waals surface area contributed by atoms with Gasteiger partial charge in [0.25, 0.3) is 0 Å². The number of carbonyl (C=O) groups excluding carboxylic acids is 2. The highest BCUT2D eigenvalue weighted by Gasteiger charge is 2.30. The number of hydrogen-bond acceptors (Lipinski definition) is 5. The summed E-state index contributed by atoms with van der Waals surface area (Å²) in [7, 11) is 1.31. The fourth-order valence-corrected chi connectivity index (χ4v) is 3.61. The first-order valence-corrected chi connectivity index (χ1v) is 8.13. The van der Waals surface area contributed by atoms with E-state index in [1.54, 1.807) is 11.8 Å². The number of rotatable bonds is 6. The topological polar surface area (TPSA) is 46.6 Å². The van der Waals surface area contributed by atoms with Gasteiger partial charge in [0.05, 0.1) is 18.0 Å². The first-order valence-electron chi connectivity index (χ1n) is 7.25. The second-order valence-electron chi connectivity index (χ2n) is 5.09. The van der Waals surface area contributed by atoms with Crippen LogP contribution in [0.1, 0.15) is 26.2 Å². The zero-order valence-corrected chi connectivity index (χ0v) is 13.3. The van der Waals surface area contributed by atoms with Crippen molar-refractivity contribution >= 4 is 29.2 Å². The summed E-state index contributed by atoms with van der Waals surface area (Å²) in [6, 6.07) is 8.14. The summed E-state index contributed by atoms with van der Waals surface area (Å²) in [5, 5.41) is -0.198. The van der Waals surface area contributed by atoms with Crippen LogP contribution in [-0.4, -0.2) is 37.2 Å². The minimum Gasteiger partial charge on any atom is -0.469 e. The van der Waals surface area contributed by atoms with Gasteiger partial charge in [-0.2, -0.15) is 0 Å². The molecule has 0 radical (unpaired) electrons. The highest BCUT2D eigenvalue weighted by molar-refractivity contribution is 8.00. The van der Waals surface area contributed by atoms with Crippen molar-refractivity contribution in [3.63, 3.8) is 0 Å². The molecule has 0 N–H and O–H groups in total. The molecule has 1 aliphatic rings. The van der Waals surface area contributed by atoms with Gasteiger partial charge in [-0.3, -0.25) is 9.59 Å². The fraction of sp³-hybridized carbons (Fsp3) is 0.500. The minimum atomic E-state index is -0.459. The number of ketones is 1. The summed E-state index contributed by atoms with van der Waals surface area (Å²) in [5.74, 6) is -0.512. The van der Waals surface area contributed by atoms with Gasteiger partial charge in [-0.25, -0.2) is 0 Å². The number of ether oxygens (including phenoxy) is 1. The van der Waals surface area contributed by atoms with Crippen LogP contribution in [0.4, 0.5) is 5.69 Å². The maximum absolute atomic E-state index is 12.2. The van der Waals surface area contributed by atoms with Crippen molar-refractivity contribution in [2.75, 3.05) is 25.1 Å². The number of benzene rings is 1. The van der Waals surface area contributed by atoms with Crippen molar-refractivity contribution in [3.8, 4) is 0 Å². The Kier molecular flexibility index (Phi) is 5.67. The van der Waals surface area contributed by atoms with Crippen molar-refractivity contribution in [2.24, 2.45) is 0 Å². The predicted molar refractivity (Wildman–Crippen MR) is 84.8 cm³/mol. The van der Waals surface area contributed by atoms with E-state index in [9.17, 15) is 9.59 Å². The Bertz CT molecular complexity index is 518. The van der Waals surface area contributed by atoms with E-state index in [1.807, 2.05) is 18.2 Å². The Morgan fingerprint density at radius 2 is 2.14 bits per heavy atom. The van der Waals surface area contributed by atoms with Gasteiger partial charge in [0.15, 0.2) is 5.78 Å². The molecule has 1 unspecified atom stereocenters. The van der Waals surface area contributed by atoms with E-state index in [0.717, 1.165) is 24.3 Å². The van der Waals surface area contributed by atoms with Crippen LogP contribution in [0, 0.1) is 0 Å². The molecule has 0 fully saturated rings. The van der Waals surface area contributed by atoms with Gasteiger partial charge in [0, 0.05) is 18.0 Å². The SMILES string of the molecule is CCCCN1CC(C(=O)CC(=O)OC)Sc2ccccc21. The lowest BCUT2D eigenvalue weighted by atomic mass is 10.1. The molecule has 1 aromatic carbocycles. The summed E-state index contributed by atoms with van der Waals surface area (Å²) in [5.41, 5.74) is 1.19. The molecule has 0 saturated heterocycles. The van der Waals surface area contributed by atoms with Crippen LogP contribution >= 0.6 is 11.8 Å². The molecule has 114 valence electrons. The van der Waals surface area contributed by atoms with Crippen molar-refractivity contribution < 1.29 is 14.3 Å². The Morgan fingerprint density at radius 1 is 1.38 bits per heavy atom. The monoisotopic (exact) mass is 307 g/mol. The first-order chi connectivity index (χ1) is 10.2. The maximum Gasteiger partial charge on any atom is 0.313 e. The number of fused-ring (bicyclic) bond motifs is 1. The number of Topliss-reactive ketones (excluding diaryl/α,β-unsaturated/α-hetero) is 1. The lowest BCUT2D eigenvalue weighted by molar-refractivity contribution is -0.143. The average molecular weight is 307 g/mol. The third-order valence-corrected chi connectivity index (χ3v) is 4.84. The first kappa shape index (κ1) is 15.9. The molecule has 21 heavy (non-hydrogen) atoms. The van der Waals surface area contributed by atoms with Crippen LogP contribution in [0.15, 0.2) is 29.2 Å². The highest BCUT2D eigenvalue weighted by Crippen LogP contribution is 2.39. The third-order valence-electron chi connectivity index (χ3n) is 3.55. The van der Waals surface area contributed by atoms with E-state index >= 15 is 0 Å². The number of esters is 1. The molecule has 1 aromatic rings. The number of carbonyl (C=O) groups is 2. The minimum absolute atomic E-state index is 0.0529. The number of thioether (sulfide) groups is 1. The molecule has 5 heteroatoms. The quantitative estimate of drug-likeness (QED) is 0.597. The molecule has 0 aromatic heterocycles. The van der Waals surface area contributed by atoms with Crippen LogP contribution in [0.2, 0.25) is 0 Å². The molecule has 1 heterocycles. The molecule has 1 aliphatic heterocycles. The number of methoxy groups -OCH3 is 1. The summed E-state index contributed by atoms with van der Waals surface area (Å²) < 4.78 is 4.59. The fourth-order valence-electron chi connectivity index (χ4n) is 2.36. The van der Waals surface area contributed by atoms with Crippen LogP contribution < -0.4 is 4.90 Å².